The third kappa shape index (κ3) is 6.07. The third-order valence-electron chi connectivity index (χ3n) is 6.49. The molecule has 4 rings (SSSR count). The number of para-hydroxylation sites is 1. The Balaban J connectivity index is 1.55. The minimum Gasteiger partial charge on any atom is -0.309 e. The molecule has 1 atom stereocenters. The Morgan fingerprint density at radius 3 is 2.47 bits per heavy atom. The number of nitrogens with zero attached hydrogens (tertiary/aromatic N) is 1. The van der Waals surface area contributed by atoms with Crippen molar-refractivity contribution in [2.45, 2.75) is 32.6 Å². The number of nitrogens with one attached hydrogen (secondary N) is 1. The number of halogens is 3. The number of rotatable bonds is 8. The van der Waals surface area contributed by atoms with Crippen molar-refractivity contribution in [2.75, 3.05) is 22.4 Å². The van der Waals surface area contributed by atoms with Crippen LogP contribution in [-0.2, 0) is 26.0 Å². The van der Waals surface area contributed by atoms with Gasteiger partial charge in [-0.25, -0.2) is 21.6 Å². The van der Waals surface area contributed by atoms with E-state index >= 15 is 8.78 Å². The van der Waals surface area contributed by atoms with Crippen molar-refractivity contribution in [1.29, 1.82) is 0 Å². The fraction of sp³-hybridized carbons (Fsp3) is 0.286. The molecular formula is C28H27F3N2O4S. The lowest BCUT2D eigenvalue weighted by atomic mass is 9.89. The van der Waals surface area contributed by atoms with Gasteiger partial charge in [0.15, 0.2) is 11.6 Å². The monoisotopic (exact) mass is 544 g/mol. The second-order valence-corrected chi connectivity index (χ2v) is 11.3. The lowest BCUT2D eigenvalue weighted by Crippen LogP contribution is -2.42. The fourth-order valence-electron chi connectivity index (χ4n) is 4.70. The van der Waals surface area contributed by atoms with Gasteiger partial charge in [-0.3, -0.25) is 14.3 Å². The number of anilines is 2. The predicted molar refractivity (Wildman–Crippen MR) is 140 cm³/mol. The molecule has 38 heavy (non-hydrogen) atoms. The number of ketones is 1. The summed E-state index contributed by atoms with van der Waals surface area (Å²) in [6, 6.07) is 13.2. The molecule has 0 unspecified atom stereocenters. The Labute approximate surface area is 219 Å². The van der Waals surface area contributed by atoms with Gasteiger partial charge in [0.1, 0.15) is 11.6 Å². The lowest BCUT2D eigenvalue weighted by molar-refractivity contribution is -0.128. The normalized spacial score (nSPS) is 16.0. The van der Waals surface area contributed by atoms with Gasteiger partial charge in [-0.15, -0.1) is 0 Å². The molecule has 0 aromatic heterocycles. The number of carbonyl (C=O) groups is 2. The quantitative estimate of drug-likeness (QED) is 0.412. The van der Waals surface area contributed by atoms with Gasteiger partial charge in [-0.05, 0) is 55.2 Å². The first-order valence-electron chi connectivity index (χ1n) is 12.1. The van der Waals surface area contributed by atoms with E-state index in [4.69, 9.17) is 0 Å². The van der Waals surface area contributed by atoms with Gasteiger partial charge in [-0.1, -0.05) is 30.3 Å². The second kappa shape index (κ2) is 11.0. The van der Waals surface area contributed by atoms with Crippen molar-refractivity contribution in [3.63, 3.8) is 0 Å². The summed E-state index contributed by atoms with van der Waals surface area (Å²) in [6.07, 6.45) is 1.55. The number of sulfonamides is 1. The first-order valence-corrected chi connectivity index (χ1v) is 14.0. The molecule has 200 valence electrons. The van der Waals surface area contributed by atoms with Crippen molar-refractivity contribution in [3.05, 3.63) is 83.2 Å². The maximum atomic E-state index is 15.3. The number of carbonyl (C=O) groups excluding carboxylic acids is 2. The highest BCUT2D eigenvalue weighted by Crippen LogP contribution is 2.36. The van der Waals surface area contributed by atoms with Gasteiger partial charge in [-0.2, -0.15) is 0 Å². The molecule has 0 radical (unpaired) electrons. The molecule has 1 fully saturated rings. The number of Topliss-reactive ketones (excluding diaryl/α,β-unsaturated/α-hetero) is 1. The van der Waals surface area contributed by atoms with Gasteiger partial charge in [0.05, 0.1) is 17.6 Å². The summed E-state index contributed by atoms with van der Waals surface area (Å²) in [5, 5.41) is 0. The molecule has 1 heterocycles. The van der Waals surface area contributed by atoms with Crippen LogP contribution in [0, 0.1) is 30.3 Å². The van der Waals surface area contributed by atoms with Crippen LogP contribution in [0.15, 0.2) is 54.6 Å². The van der Waals surface area contributed by atoms with Crippen LogP contribution in [-0.4, -0.2) is 32.9 Å². The molecule has 1 aliphatic rings. The Kier molecular flexibility index (Phi) is 7.91. The Bertz CT molecular complexity index is 1510. The van der Waals surface area contributed by atoms with Crippen LogP contribution < -0.4 is 9.62 Å². The summed E-state index contributed by atoms with van der Waals surface area (Å²) in [7, 11) is -3.67. The highest BCUT2D eigenvalue weighted by molar-refractivity contribution is 7.92. The summed E-state index contributed by atoms with van der Waals surface area (Å²) in [5.74, 6) is -4.51. The zero-order valence-corrected chi connectivity index (χ0v) is 21.7. The van der Waals surface area contributed by atoms with E-state index in [1.807, 2.05) is 0 Å². The summed E-state index contributed by atoms with van der Waals surface area (Å²) >= 11 is 0. The molecule has 0 aliphatic carbocycles. The lowest BCUT2D eigenvalue weighted by Gasteiger charge is -2.32. The average molecular weight is 545 g/mol. The maximum Gasteiger partial charge on any atom is 0.230 e. The molecule has 0 spiro atoms. The number of hydrogen-bond donors (Lipinski definition) is 1. The number of piperidine rings is 1. The van der Waals surface area contributed by atoms with E-state index in [0.717, 1.165) is 16.7 Å². The number of benzene rings is 3. The molecule has 0 saturated carbocycles. The van der Waals surface area contributed by atoms with Crippen LogP contribution in [0.5, 0.6) is 0 Å². The zero-order valence-electron chi connectivity index (χ0n) is 20.9. The van der Waals surface area contributed by atoms with Gasteiger partial charge in [0, 0.05) is 36.4 Å². The molecule has 1 aliphatic heterocycles. The molecule has 6 nitrogen and oxygen atoms in total. The summed E-state index contributed by atoms with van der Waals surface area (Å²) in [6.45, 7) is 1.89. The first kappa shape index (κ1) is 27.4. The van der Waals surface area contributed by atoms with Gasteiger partial charge < -0.3 is 4.90 Å². The van der Waals surface area contributed by atoms with Crippen molar-refractivity contribution in [2.24, 2.45) is 5.92 Å². The van der Waals surface area contributed by atoms with Crippen molar-refractivity contribution < 1.29 is 31.2 Å². The average Bonchev–Trinajstić information content (AvgIpc) is 2.84. The highest BCUT2D eigenvalue weighted by atomic mass is 32.2. The first-order chi connectivity index (χ1) is 17.9. The predicted octanol–water partition coefficient (Wildman–Crippen LogP) is 5.40. The van der Waals surface area contributed by atoms with E-state index < -0.39 is 39.3 Å². The van der Waals surface area contributed by atoms with Crippen LogP contribution >= 0.6 is 0 Å². The molecule has 3 aromatic rings. The molecule has 1 N–H and O–H groups in total. The Morgan fingerprint density at radius 1 is 1.03 bits per heavy atom. The van der Waals surface area contributed by atoms with Gasteiger partial charge in [0.2, 0.25) is 15.9 Å². The van der Waals surface area contributed by atoms with Crippen molar-refractivity contribution in [1.82, 2.24) is 0 Å². The minimum atomic E-state index is -3.67. The van der Waals surface area contributed by atoms with E-state index in [1.165, 1.54) is 30.3 Å². The van der Waals surface area contributed by atoms with Gasteiger partial charge >= 0.3 is 0 Å². The Morgan fingerprint density at radius 2 is 1.76 bits per heavy atom. The maximum absolute atomic E-state index is 15.3. The van der Waals surface area contributed by atoms with Crippen LogP contribution in [0.4, 0.5) is 24.5 Å². The van der Waals surface area contributed by atoms with E-state index in [9.17, 15) is 22.4 Å². The summed E-state index contributed by atoms with van der Waals surface area (Å²) in [5.41, 5.74) is 0.763. The third-order valence-corrected chi connectivity index (χ3v) is 7.08. The minimum absolute atomic E-state index is 0.0821. The fourth-order valence-corrected chi connectivity index (χ4v) is 5.27. The number of amides is 1. The summed E-state index contributed by atoms with van der Waals surface area (Å²) < 4.78 is 70.5. The molecule has 3 aromatic carbocycles. The van der Waals surface area contributed by atoms with Crippen molar-refractivity contribution >= 4 is 33.1 Å². The molecule has 1 amide bonds. The largest absolute Gasteiger partial charge is 0.309 e. The standard InChI is InChI=1S/C28H27F3N2O4S/c1-17-9-10-18(23(29)14-17)15-20(34)16-19-6-5-13-33(28(19)35)25-12-11-22(26(30)27(25)31)21-7-3-4-8-24(21)32-38(2,36)37/h3-4,7-12,14,19,32H,5-6,13,15-16H2,1-2H3/t19-/m0/s1. The molecule has 1 saturated heterocycles. The molecule has 10 heteroatoms. The van der Waals surface area contributed by atoms with E-state index in [0.29, 0.717) is 12.8 Å². The SMILES string of the molecule is Cc1ccc(CC(=O)C[C@@H]2CCCN(c3ccc(-c4ccccc4NS(C)(=O)=O)c(F)c3F)C2=O)c(F)c1. The van der Waals surface area contributed by atoms with E-state index in [2.05, 4.69) is 4.72 Å². The smallest absolute Gasteiger partial charge is 0.230 e. The van der Waals surface area contributed by atoms with Crippen LogP contribution in [0.1, 0.15) is 30.4 Å². The molecular weight excluding hydrogens is 517 g/mol. The van der Waals surface area contributed by atoms with Gasteiger partial charge in [0.25, 0.3) is 0 Å². The molecule has 0 bridgehead atoms. The highest BCUT2D eigenvalue weighted by Gasteiger charge is 2.33. The Hall–Kier alpha value is -3.66. The van der Waals surface area contributed by atoms with E-state index in [1.54, 1.807) is 31.2 Å². The van der Waals surface area contributed by atoms with Crippen molar-refractivity contribution in [3.8, 4) is 11.1 Å². The second-order valence-electron chi connectivity index (χ2n) is 9.52. The van der Waals surface area contributed by atoms with Crippen LogP contribution in [0.25, 0.3) is 11.1 Å². The van der Waals surface area contributed by atoms with E-state index in [-0.39, 0.29) is 53.2 Å². The number of aryl methyl sites for hydroxylation is 1. The topological polar surface area (TPSA) is 83.6 Å². The van der Waals surface area contributed by atoms with Crippen LogP contribution in [0.2, 0.25) is 0 Å². The van der Waals surface area contributed by atoms with Crippen LogP contribution in [0.3, 0.4) is 0 Å². The zero-order chi connectivity index (χ0) is 27.6. The number of hydrogen-bond acceptors (Lipinski definition) is 4. The summed E-state index contributed by atoms with van der Waals surface area (Å²) in [4.78, 5) is 27.0.